The first-order valence-electron chi connectivity index (χ1n) is 8.47. The van der Waals surface area contributed by atoms with Crippen LogP contribution in [-0.2, 0) is 0 Å². The fourth-order valence-electron chi connectivity index (χ4n) is 3.38. The standard InChI is InChI=1S/C18H24N4O3/c1-21(15-6-7-16(17(15)23)22-10-9-20-12-22)18(24)13-2-4-14(5-3-13)25-11-8-19/h2-5,9-10,12,15-17,23H,6-8,11,19H2,1H3/t15-,16-,17-/m1/s1. The Kier molecular flexibility index (Phi) is 5.35. The van der Waals surface area contributed by atoms with Crippen LogP contribution in [0.1, 0.15) is 29.2 Å². The third-order valence-corrected chi connectivity index (χ3v) is 4.76. The van der Waals surface area contributed by atoms with E-state index >= 15 is 0 Å². The number of aliphatic hydroxyl groups excluding tert-OH is 1. The molecule has 1 amide bonds. The zero-order valence-electron chi connectivity index (χ0n) is 14.3. The molecule has 1 aromatic carbocycles. The van der Waals surface area contributed by atoms with E-state index in [1.807, 2.05) is 10.8 Å². The number of imidazole rings is 1. The van der Waals surface area contributed by atoms with Crippen molar-refractivity contribution in [2.24, 2.45) is 5.73 Å². The number of amides is 1. The van der Waals surface area contributed by atoms with Gasteiger partial charge in [-0.3, -0.25) is 4.79 Å². The van der Waals surface area contributed by atoms with Crippen LogP contribution in [0.3, 0.4) is 0 Å². The number of carbonyl (C=O) groups excluding carboxylic acids is 1. The molecule has 0 aliphatic heterocycles. The van der Waals surface area contributed by atoms with Crippen molar-refractivity contribution >= 4 is 5.91 Å². The molecule has 0 spiro atoms. The number of aromatic nitrogens is 2. The van der Waals surface area contributed by atoms with Crippen molar-refractivity contribution in [2.75, 3.05) is 20.2 Å². The number of aliphatic hydroxyl groups is 1. The third-order valence-electron chi connectivity index (χ3n) is 4.76. The lowest BCUT2D eigenvalue weighted by Gasteiger charge is -2.29. The molecule has 1 heterocycles. The second kappa shape index (κ2) is 7.67. The van der Waals surface area contributed by atoms with E-state index in [1.165, 1.54) is 0 Å². The summed E-state index contributed by atoms with van der Waals surface area (Å²) in [5.41, 5.74) is 5.98. The van der Waals surface area contributed by atoms with E-state index in [0.29, 0.717) is 24.5 Å². The van der Waals surface area contributed by atoms with Crippen molar-refractivity contribution in [2.45, 2.75) is 31.0 Å². The third kappa shape index (κ3) is 3.67. The average molecular weight is 344 g/mol. The highest BCUT2D eigenvalue weighted by molar-refractivity contribution is 5.94. The van der Waals surface area contributed by atoms with Crippen LogP contribution < -0.4 is 10.5 Å². The highest BCUT2D eigenvalue weighted by Crippen LogP contribution is 2.33. The molecule has 1 fully saturated rings. The van der Waals surface area contributed by atoms with Crippen LogP contribution in [0.2, 0.25) is 0 Å². The summed E-state index contributed by atoms with van der Waals surface area (Å²) in [4.78, 5) is 18.4. The first-order valence-corrected chi connectivity index (χ1v) is 8.47. The highest BCUT2D eigenvalue weighted by atomic mass is 16.5. The molecule has 3 atom stereocenters. The molecule has 134 valence electrons. The Balaban J connectivity index is 1.66. The molecule has 1 aliphatic rings. The number of carbonyl (C=O) groups is 1. The number of hydrogen-bond acceptors (Lipinski definition) is 5. The largest absolute Gasteiger partial charge is 0.492 e. The zero-order valence-corrected chi connectivity index (χ0v) is 14.3. The van der Waals surface area contributed by atoms with Crippen molar-refractivity contribution in [1.29, 1.82) is 0 Å². The molecular formula is C18H24N4O3. The zero-order chi connectivity index (χ0) is 17.8. The fraction of sp³-hybridized carbons (Fsp3) is 0.444. The molecular weight excluding hydrogens is 320 g/mol. The van der Waals surface area contributed by atoms with Gasteiger partial charge in [-0.2, -0.15) is 0 Å². The Morgan fingerprint density at radius 2 is 2.16 bits per heavy atom. The summed E-state index contributed by atoms with van der Waals surface area (Å²) < 4.78 is 7.33. The summed E-state index contributed by atoms with van der Waals surface area (Å²) in [7, 11) is 1.74. The Morgan fingerprint density at radius 1 is 1.40 bits per heavy atom. The molecule has 0 saturated heterocycles. The Labute approximate surface area is 147 Å². The molecule has 3 N–H and O–H groups in total. The molecule has 3 rings (SSSR count). The van der Waals surface area contributed by atoms with Gasteiger partial charge in [0.2, 0.25) is 0 Å². The van der Waals surface area contributed by atoms with E-state index in [4.69, 9.17) is 10.5 Å². The topological polar surface area (TPSA) is 93.6 Å². The van der Waals surface area contributed by atoms with Crippen molar-refractivity contribution < 1.29 is 14.6 Å². The van der Waals surface area contributed by atoms with Gasteiger partial charge in [0.05, 0.1) is 24.5 Å². The van der Waals surface area contributed by atoms with Gasteiger partial charge in [0.15, 0.2) is 0 Å². The van der Waals surface area contributed by atoms with Crippen LogP contribution in [0.4, 0.5) is 0 Å². The maximum atomic E-state index is 12.7. The Bertz CT molecular complexity index is 687. The average Bonchev–Trinajstić information content (AvgIpc) is 3.28. The van der Waals surface area contributed by atoms with Gasteiger partial charge in [-0.15, -0.1) is 0 Å². The number of nitrogens with two attached hydrogens (primary N) is 1. The molecule has 1 aromatic heterocycles. The lowest BCUT2D eigenvalue weighted by molar-refractivity contribution is 0.0443. The van der Waals surface area contributed by atoms with Crippen molar-refractivity contribution in [3.05, 3.63) is 48.5 Å². The molecule has 2 aromatic rings. The van der Waals surface area contributed by atoms with E-state index in [2.05, 4.69) is 4.98 Å². The quantitative estimate of drug-likeness (QED) is 0.817. The first kappa shape index (κ1) is 17.4. The van der Waals surface area contributed by atoms with Gasteiger partial charge in [-0.05, 0) is 37.1 Å². The van der Waals surface area contributed by atoms with Gasteiger partial charge in [0.25, 0.3) is 5.91 Å². The Hall–Kier alpha value is -2.38. The molecule has 7 heteroatoms. The maximum Gasteiger partial charge on any atom is 0.253 e. The minimum atomic E-state index is -0.615. The van der Waals surface area contributed by atoms with Gasteiger partial charge in [0.1, 0.15) is 12.4 Å². The number of hydrogen-bond donors (Lipinski definition) is 2. The van der Waals surface area contributed by atoms with Gasteiger partial charge in [-0.25, -0.2) is 4.98 Å². The summed E-state index contributed by atoms with van der Waals surface area (Å²) in [6, 6.07) is 6.73. The summed E-state index contributed by atoms with van der Waals surface area (Å²) >= 11 is 0. The molecule has 25 heavy (non-hydrogen) atoms. The minimum absolute atomic E-state index is 0.0465. The van der Waals surface area contributed by atoms with Gasteiger partial charge in [-0.1, -0.05) is 0 Å². The van der Waals surface area contributed by atoms with E-state index in [-0.39, 0.29) is 18.0 Å². The molecule has 1 saturated carbocycles. The Morgan fingerprint density at radius 3 is 2.80 bits per heavy atom. The summed E-state index contributed by atoms with van der Waals surface area (Å²) in [5.74, 6) is 0.575. The van der Waals surface area contributed by atoms with Gasteiger partial charge >= 0.3 is 0 Å². The number of ether oxygens (including phenoxy) is 1. The van der Waals surface area contributed by atoms with Crippen molar-refractivity contribution in [3.8, 4) is 5.75 Å². The van der Waals surface area contributed by atoms with Crippen molar-refractivity contribution in [1.82, 2.24) is 14.5 Å². The van der Waals surface area contributed by atoms with Gasteiger partial charge < -0.3 is 25.0 Å². The predicted octanol–water partition coefficient (Wildman–Crippen LogP) is 1.06. The van der Waals surface area contributed by atoms with Crippen LogP contribution in [-0.4, -0.2) is 57.8 Å². The lowest BCUT2D eigenvalue weighted by Crippen LogP contribution is -2.43. The maximum absolute atomic E-state index is 12.7. The minimum Gasteiger partial charge on any atom is -0.492 e. The summed E-state index contributed by atoms with van der Waals surface area (Å²) in [6.45, 7) is 0.887. The van der Waals surface area contributed by atoms with E-state index in [0.717, 1.165) is 12.8 Å². The monoisotopic (exact) mass is 344 g/mol. The summed E-state index contributed by atoms with van der Waals surface area (Å²) in [6.07, 6.45) is 6.20. The SMILES string of the molecule is CN(C(=O)c1ccc(OCCN)cc1)[C@@H]1CC[C@@H](n2ccnc2)[C@@H]1O. The van der Waals surface area contributed by atoms with Crippen molar-refractivity contribution in [3.63, 3.8) is 0 Å². The second-order valence-electron chi connectivity index (χ2n) is 6.29. The number of benzene rings is 1. The van der Waals surface area contributed by atoms with E-state index < -0.39 is 6.10 Å². The first-order chi connectivity index (χ1) is 12.1. The molecule has 1 aliphatic carbocycles. The number of nitrogens with zero attached hydrogens (tertiary/aromatic N) is 3. The van der Waals surface area contributed by atoms with Gasteiger partial charge in [0, 0.05) is 31.5 Å². The number of likely N-dealkylation sites (N-methyl/N-ethyl adjacent to an activating group) is 1. The smallest absolute Gasteiger partial charge is 0.253 e. The van der Waals surface area contributed by atoms with Crippen LogP contribution in [0.15, 0.2) is 43.0 Å². The van der Waals surface area contributed by atoms with E-state index in [9.17, 15) is 9.90 Å². The van der Waals surface area contributed by atoms with Crippen LogP contribution >= 0.6 is 0 Å². The molecule has 7 nitrogen and oxygen atoms in total. The van der Waals surface area contributed by atoms with Crippen LogP contribution in [0, 0.1) is 0 Å². The molecule has 0 radical (unpaired) electrons. The lowest BCUT2D eigenvalue weighted by atomic mass is 10.1. The normalized spacial score (nSPS) is 22.8. The fourth-order valence-corrected chi connectivity index (χ4v) is 3.38. The molecule has 0 bridgehead atoms. The molecule has 0 unspecified atom stereocenters. The van der Waals surface area contributed by atoms with Crippen LogP contribution in [0.25, 0.3) is 0 Å². The summed E-state index contributed by atoms with van der Waals surface area (Å²) in [5, 5.41) is 10.7. The van der Waals surface area contributed by atoms with Crippen LogP contribution in [0.5, 0.6) is 5.75 Å². The second-order valence-corrected chi connectivity index (χ2v) is 6.29. The highest BCUT2D eigenvalue weighted by Gasteiger charge is 2.39. The van der Waals surface area contributed by atoms with E-state index in [1.54, 1.807) is 48.7 Å². The predicted molar refractivity (Wildman–Crippen MR) is 93.4 cm³/mol. The number of rotatable bonds is 6.